The number of rotatable bonds is 6. The predicted molar refractivity (Wildman–Crippen MR) is 89.2 cm³/mol. The second kappa shape index (κ2) is 6.75. The molecule has 2 aromatic rings. The van der Waals surface area contributed by atoms with E-state index in [4.69, 9.17) is 5.11 Å². The summed E-state index contributed by atoms with van der Waals surface area (Å²) >= 11 is 0. The molecule has 0 atom stereocenters. The van der Waals surface area contributed by atoms with Crippen LogP contribution in [0.2, 0.25) is 0 Å². The van der Waals surface area contributed by atoms with E-state index in [2.05, 4.69) is 50.4 Å². The molecule has 3 heteroatoms. The molecule has 2 N–H and O–H groups in total. The van der Waals surface area contributed by atoms with Crippen molar-refractivity contribution in [2.24, 2.45) is 0 Å². The van der Waals surface area contributed by atoms with Crippen molar-refractivity contribution in [2.45, 2.75) is 39.3 Å². The molecule has 0 aliphatic carbocycles. The van der Waals surface area contributed by atoms with Crippen LogP contribution in [0.15, 0.2) is 48.5 Å². The fraction of sp³-hybridized carbons (Fsp3) is 0.316. The molecule has 2 rings (SSSR count). The van der Waals surface area contributed by atoms with Crippen LogP contribution in [0.3, 0.4) is 0 Å². The maximum Gasteiger partial charge on any atom is 0.335 e. The van der Waals surface area contributed by atoms with E-state index in [9.17, 15) is 4.79 Å². The van der Waals surface area contributed by atoms with Gasteiger partial charge in [-0.3, -0.25) is 0 Å². The maximum absolute atomic E-state index is 11.0. The van der Waals surface area contributed by atoms with Gasteiger partial charge in [0.25, 0.3) is 0 Å². The van der Waals surface area contributed by atoms with Crippen LogP contribution < -0.4 is 5.32 Å². The van der Waals surface area contributed by atoms with E-state index in [0.29, 0.717) is 12.1 Å². The fourth-order valence-corrected chi connectivity index (χ4v) is 2.50. The topological polar surface area (TPSA) is 49.3 Å². The van der Waals surface area contributed by atoms with E-state index in [1.807, 2.05) is 6.07 Å². The zero-order valence-electron chi connectivity index (χ0n) is 13.4. The molecule has 3 nitrogen and oxygen atoms in total. The Kier molecular flexibility index (Phi) is 4.99. The van der Waals surface area contributed by atoms with Crippen LogP contribution >= 0.6 is 0 Å². The second-order valence-electron chi connectivity index (χ2n) is 6.35. The summed E-state index contributed by atoms with van der Waals surface area (Å²) in [5.41, 5.74) is 3.88. The van der Waals surface area contributed by atoms with Crippen molar-refractivity contribution < 1.29 is 9.90 Å². The summed E-state index contributed by atoms with van der Waals surface area (Å²) in [6.07, 6.45) is 0.929. The molecule has 0 bridgehead atoms. The molecule has 0 spiro atoms. The Labute approximate surface area is 132 Å². The monoisotopic (exact) mass is 297 g/mol. The molecule has 0 unspecified atom stereocenters. The molecule has 0 heterocycles. The van der Waals surface area contributed by atoms with Crippen LogP contribution in [0.5, 0.6) is 0 Å². The van der Waals surface area contributed by atoms with Gasteiger partial charge in [-0.25, -0.2) is 4.79 Å². The minimum absolute atomic E-state index is 0.0641. The molecule has 0 saturated heterocycles. The highest BCUT2D eigenvalue weighted by Crippen LogP contribution is 2.17. The number of hydrogen-bond donors (Lipinski definition) is 2. The Morgan fingerprint density at radius 1 is 1.14 bits per heavy atom. The molecule has 22 heavy (non-hydrogen) atoms. The van der Waals surface area contributed by atoms with Crippen molar-refractivity contribution in [3.63, 3.8) is 0 Å². The largest absolute Gasteiger partial charge is 0.478 e. The maximum atomic E-state index is 11.0. The quantitative estimate of drug-likeness (QED) is 0.852. The van der Waals surface area contributed by atoms with Gasteiger partial charge < -0.3 is 10.4 Å². The SMILES string of the molecule is Cc1ccccc1CC(C)(C)NCc1cccc(C(=O)O)c1. The van der Waals surface area contributed by atoms with Gasteiger partial charge >= 0.3 is 5.97 Å². The molecule has 0 aliphatic heterocycles. The van der Waals surface area contributed by atoms with Crippen LogP contribution in [0.25, 0.3) is 0 Å². The van der Waals surface area contributed by atoms with Crippen molar-refractivity contribution in [3.05, 3.63) is 70.8 Å². The average molecular weight is 297 g/mol. The number of aryl methyl sites for hydroxylation is 1. The van der Waals surface area contributed by atoms with Gasteiger partial charge in [-0.2, -0.15) is 0 Å². The number of aromatic carboxylic acids is 1. The van der Waals surface area contributed by atoms with Crippen molar-refractivity contribution >= 4 is 5.97 Å². The molecule has 0 aliphatic rings. The molecule has 116 valence electrons. The Hall–Kier alpha value is -2.13. The summed E-state index contributed by atoms with van der Waals surface area (Å²) in [6, 6.07) is 15.5. The number of carbonyl (C=O) groups is 1. The van der Waals surface area contributed by atoms with Gasteiger partial charge in [0.1, 0.15) is 0 Å². The van der Waals surface area contributed by atoms with E-state index >= 15 is 0 Å². The smallest absolute Gasteiger partial charge is 0.335 e. The van der Waals surface area contributed by atoms with Gasteiger partial charge in [-0.05, 0) is 56.0 Å². The van der Waals surface area contributed by atoms with Crippen molar-refractivity contribution in [3.8, 4) is 0 Å². The third-order valence-electron chi connectivity index (χ3n) is 3.84. The number of benzene rings is 2. The van der Waals surface area contributed by atoms with Gasteiger partial charge in [0.2, 0.25) is 0 Å². The lowest BCUT2D eigenvalue weighted by molar-refractivity contribution is 0.0696. The van der Waals surface area contributed by atoms with E-state index in [0.717, 1.165) is 12.0 Å². The zero-order chi connectivity index (χ0) is 16.2. The summed E-state index contributed by atoms with van der Waals surface area (Å²) in [6.45, 7) is 7.11. The highest BCUT2D eigenvalue weighted by Gasteiger charge is 2.18. The first-order valence-corrected chi connectivity index (χ1v) is 7.49. The molecule has 2 aromatic carbocycles. The molecule has 0 saturated carbocycles. The van der Waals surface area contributed by atoms with Gasteiger partial charge in [0.15, 0.2) is 0 Å². The molecular formula is C19H23NO2. The van der Waals surface area contributed by atoms with Crippen molar-refractivity contribution in [1.82, 2.24) is 5.32 Å². The third-order valence-corrected chi connectivity index (χ3v) is 3.84. The van der Waals surface area contributed by atoms with Gasteiger partial charge in [0, 0.05) is 12.1 Å². The highest BCUT2D eigenvalue weighted by molar-refractivity contribution is 5.87. The van der Waals surface area contributed by atoms with Crippen LogP contribution in [-0.2, 0) is 13.0 Å². The fourth-order valence-electron chi connectivity index (χ4n) is 2.50. The van der Waals surface area contributed by atoms with Gasteiger partial charge in [-0.15, -0.1) is 0 Å². The third kappa shape index (κ3) is 4.43. The summed E-state index contributed by atoms with van der Waals surface area (Å²) in [5.74, 6) is -0.888. The normalized spacial score (nSPS) is 11.4. The minimum atomic E-state index is -0.888. The summed E-state index contributed by atoms with van der Waals surface area (Å²) in [4.78, 5) is 11.0. The van der Waals surface area contributed by atoms with E-state index in [1.165, 1.54) is 11.1 Å². The molecule has 0 amide bonds. The van der Waals surface area contributed by atoms with E-state index < -0.39 is 5.97 Å². The van der Waals surface area contributed by atoms with Gasteiger partial charge in [-0.1, -0.05) is 36.4 Å². The molecular weight excluding hydrogens is 274 g/mol. The van der Waals surface area contributed by atoms with E-state index in [-0.39, 0.29) is 5.54 Å². The first-order valence-electron chi connectivity index (χ1n) is 7.49. The predicted octanol–water partition coefficient (Wildman–Crippen LogP) is 3.80. The molecule has 0 radical (unpaired) electrons. The zero-order valence-corrected chi connectivity index (χ0v) is 13.4. The second-order valence-corrected chi connectivity index (χ2v) is 6.35. The number of carboxylic acids is 1. The Balaban J connectivity index is 2.02. The van der Waals surface area contributed by atoms with Crippen LogP contribution in [0, 0.1) is 6.92 Å². The lowest BCUT2D eigenvalue weighted by Crippen LogP contribution is -2.41. The highest BCUT2D eigenvalue weighted by atomic mass is 16.4. The lowest BCUT2D eigenvalue weighted by atomic mass is 9.92. The number of carboxylic acid groups (broad SMARTS) is 1. The molecule has 0 fully saturated rings. The summed E-state index contributed by atoms with van der Waals surface area (Å²) in [7, 11) is 0. The molecule has 0 aromatic heterocycles. The minimum Gasteiger partial charge on any atom is -0.478 e. The standard InChI is InChI=1S/C19H23NO2/c1-14-7-4-5-9-17(14)12-19(2,3)20-13-15-8-6-10-16(11-15)18(21)22/h4-11,20H,12-13H2,1-3H3,(H,21,22). The van der Waals surface area contributed by atoms with Crippen LogP contribution in [0.1, 0.15) is 40.9 Å². The van der Waals surface area contributed by atoms with Crippen LogP contribution in [-0.4, -0.2) is 16.6 Å². The Bertz CT molecular complexity index is 662. The Morgan fingerprint density at radius 3 is 2.55 bits per heavy atom. The Morgan fingerprint density at radius 2 is 1.86 bits per heavy atom. The van der Waals surface area contributed by atoms with Crippen molar-refractivity contribution in [1.29, 1.82) is 0 Å². The van der Waals surface area contributed by atoms with Gasteiger partial charge in [0.05, 0.1) is 5.56 Å². The summed E-state index contributed by atoms with van der Waals surface area (Å²) in [5, 5.41) is 12.6. The van der Waals surface area contributed by atoms with Crippen molar-refractivity contribution in [2.75, 3.05) is 0 Å². The number of nitrogens with one attached hydrogen (secondary N) is 1. The lowest BCUT2D eigenvalue weighted by Gasteiger charge is -2.27. The first kappa shape index (κ1) is 16.2. The van der Waals surface area contributed by atoms with Crippen LogP contribution in [0.4, 0.5) is 0 Å². The van der Waals surface area contributed by atoms with E-state index in [1.54, 1.807) is 18.2 Å². The summed E-state index contributed by atoms with van der Waals surface area (Å²) < 4.78 is 0. The number of hydrogen-bond acceptors (Lipinski definition) is 2. The first-order chi connectivity index (χ1) is 10.4. The average Bonchev–Trinajstić information content (AvgIpc) is 2.48.